The summed E-state index contributed by atoms with van der Waals surface area (Å²) < 4.78 is 41.3. The third kappa shape index (κ3) is 5.68. The van der Waals surface area contributed by atoms with Gasteiger partial charge in [0, 0.05) is 12.1 Å². The Morgan fingerprint density at radius 1 is 1.08 bits per heavy atom. The second-order valence-electron chi connectivity index (χ2n) is 11.5. The lowest BCUT2D eigenvalue weighted by molar-refractivity contribution is -0.177. The van der Waals surface area contributed by atoms with E-state index >= 15 is 0 Å². The van der Waals surface area contributed by atoms with E-state index in [0.717, 1.165) is 0 Å². The molecule has 5 atom stereocenters. The molecule has 2 aliphatic rings. The number of benzene rings is 1. The van der Waals surface area contributed by atoms with Crippen molar-refractivity contribution in [2.75, 3.05) is 11.9 Å². The van der Waals surface area contributed by atoms with Crippen molar-refractivity contribution >= 4 is 32.8 Å². The van der Waals surface area contributed by atoms with Gasteiger partial charge in [0.2, 0.25) is 0 Å². The first-order chi connectivity index (χ1) is 18.5. The van der Waals surface area contributed by atoms with Crippen molar-refractivity contribution in [1.82, 2.24) is 24.8 Å². The molecule has 5 unspecified atom stereocenters. The van der Waals surface area contributed by atoms with E-state index in [1.807, 2.05) is 20.8 Å². The summed E-state index contributed by atoms with van der Waals surface area (Å²) in [6.07, 6.45) is 0.129. The van der Waals surface area contributed by atoms with Crippen LogP contribution in [0.2, 0.25) is 5.04 Å². The molecule has 2 fully saturated rings. The Hall–Kier alpha value is -2.97. The van der Waals surface area contributed by atoms with Gasteiger partial charge in [-0.05, 0) is 37.9 Å². The van der Waals surface area contributed by atoms with E-state index in [2.05, 4.69) is 46.4 Å². The van der Waals surface area contributed by atoms with Crippen LogP contribution >= 0.6 is 0 Å². The zero-order valence-corrected chi connectivity index (χ0v) is 24.4. The summed E-state index contributed by atoms with van der Waals surface area (Å²) in [5.41, 5.74) is 0.918. The third-order valence-corrected chi connectivity index (χ3v) is 8.41. The summed E-state index contributed by atoms with van der Waals surface area (Å²) in [7, 11) is -0.911. The molecule has 0 aliphatic carbocycles. The normalized spacial score (nSPS) is 25.5. The number of hydrogen-bond acceptors (Lipinski definition) is 8. The second-order valence-corrected chi connectivity index (χ2v) is 14.2. The minimum atomic E-state index is -0.911. The standard InChI is InChI=1S/C26H35FN6O5Si/c1-7-28-24(34)32-20-16-21(30-12-29-20)33(13-31-16)22-18-17(19(37-22)26(5,6)38-39-25(2,3)4)35-23(36-18)14-8-10-15(27)11-9-14/h8-13,17-19,22-23H,7,39H2,1-6H3,(H2,28,29,30,32,34). The Morgan fingerprint density at radius 3 is 2.49 bits per heavy atom. The quantitative estimate of drug-likeness (QED) is 0.422. The largest absolute Gasteiger partial charge is 0.416 e. The summed E-state index contributed by atoms with van der Waals surface area (Å²) in [4.78, 5) is 25.2. The molecule has 2 aromatic heterocycles. The maximum absolute atomic E-state index is 13.6. The van der Waals surface area contributed by atoms with Crippen LogP contribution in [0, 0.1) is 5.82 Å². The number of amides is 2. The molecule has 1 aromatic carbocycles. The van der Waals surface area contributed by atoms with Crippen molar-refractivity contribution in [3.05, 3.63) is 48.3 Å². The molecular weight excluding hydrogens is 523 g/mol. The molecular formula is C26H35FN6O5Si. The highest BCUT2D eigenvalue weighted by molar-refractivity contribution is 6.31. The number of halogens is 1. The molecule has 0 bridgehead atoms. The van der Waals surface area contributed by atoms with Gasteiger partial charge in [0.1, 0.15) is 30.5 Å². The van der Waals surface area contributed by atoms with Crippen molar-refractivity contribution in [1.29, 1.82) is 0 Å². The minimum absolute atomic E-state index is 0.0866. The van der Waals surface area contributed by atoms with E-state index in [0.29, 0.717) is 23.3 Å². The van der Waals surface area contributed by atoms with Crippen LogP contribution in [0.3, 0.4) is 0 Å². The zero-order valence-electron chi connectivity index (χ0n) is 23.0. The molecule has 0 saturated carbocycles. The Bertz CT molecular complexity index is 1330. The molecule has 2 aliphatic heterocycles. The van der Waals surface area contributed by atoms with Crippen LogP contribution in [0.25, 0.3) is 11.2 Å². The van der Waals surface area contributed by atoms with Crippen LogP contribution in [-0.4, -0.2) is 65.8 Å². The summed E-state index contributed by atoms with van der Waals surface area (Å²) in [6.45, 7) is 12.8. The molecule has 5 rings (SSSR count). The van der Waals surface area contributed by atoms with E-state index < -0.39 is 46.2 Å². The van der Waals surface area contributed by atoms with Gasteiger partial charge in [-0.1, -0.05) is 32.9 Å². The van der Waals surface area contributed by atoms with E-state index in [4.69, 9.17) is 18.6 Å². The molecule has 4 heterocycles. The molecule has 11 nitrogen and oxygen atoms in total. The monoisotopic (exact) mass is 558 g/mol. The lowest BCUT2D eigenvalue weighted by Gasteiger charge is -2.36. The molecule has 2 N–H and O–H groups in total. The Morgan fingerprint density at radius 2 is 1.79 bits per heavy atom. The van der Waals surface area contributed by atoms with Crippen LogP contribution in [0.5, 0.6) is 0 Å². The highest BCUT2D eigenvalue weighted by atomic mass is 28.2. The highest BCUT2D eigenvalue weighted by Gasteiger charge is 2.58. The third-order valence-electron chi connectivity index (χ3n) is 6.66. The fraction of sp³-hybridized carbons (Fsp3) is 0.538. The van der Waals surface area contributed by atoms with Gasteiger partial charge in [0.25, 0.3) is 0 Å². The molecule has 13 heteroatoms. The fourth-order valence-electron chi connectivity index (χ4n) is 4.74. The number of aromatic nitrogens is 4. The van der Waals surface area contributed by atoms with E-state index in [1.165, 1.54) is 18.5 Å². The number of fused-ring (bicyclic) bond motifs is 2. The van der Waals surface area contributed by atoms with Crippen LogP contribution in [-0.2, 0) is 18.6 Å². The minimum Gasteiger partial charge on any atom is -0.416 e. The van der Waals surface area contributed by atoms with Crippen LogP contribution < -0.4 is 10.6 Å². The van der Waals surface area contributed by atoms with E-state index in [9.17, 15) is 9.18 Å². The number of urea groups is 1. The molecule has 39 heavy (non-hydrogen) atoms. The molecule has 0 radical (unpaired) electrons. The number of nitrogens with one attached hydrogen (secondary N) is 2. The van der Waals surface area contributed by atoms with Crippen molar-refractivity contribution in [2.24, 2.45) is 0 Å². The summed E-state index contributed by atoms with van der Waals surface area (Å²) in [5, 5.41) is 5.48. The Labute approximate surface area is 228 Å². The molecule has 2 amide bonds. The maximum Gasteiger partial charge on any atom is 0.320 e. The van der Waals surface area contributed by atoms with Gasteiger partial charge >= 0.3 is 6.03 Å². The first-order valence-corrected chi connectivity index (χ1v) is 14.3. The SMILES string of the molecule is CCNC(=O)Nc1ncnc2c1ncn2C1OC(C(C)(C)O[SiH2]C(C)(C)C)C2OC(c3ccc(F)cc3)OC21. The summed E-state index contributed by atoms with van der Waals surface area (Å²) >= 11 is 0. The van der Waals surface area contributed by atoms with Gasteiger partial charge in [0.05, 0.1) is 11.9 Å². The van der Waals surface area contributed by atoms with Crippen molar-refractivity contribution in [2.45, 2.75) is 83.0 Å². The number of carbonyl (C=O) groups is 1. The van der Waals surface area contributed by atoms with Crippen molar-refractivity contribution < 1.29 is 27.8 Å². The molecule has 2 saturated heterocycles. The van der Waals surface area contributed by atoms with E-state index in [-0.39, 0.29) is 22.7 Å². The van der Waals surface area contributed by atoms with Gasteiger partial charge in [-0.15, -0.1) is 0 Å². The number of nitrogens with zero attached hydrogens (tertiary/aromatic N) is 4. The number of anilines is 1. The van der Waals surface area contributed by atoms with Gasteiger partial charge in [-0.25, -0.2) is 24.1 Å². The van der Waals surface area contributed by atoms with Crippen molar-refractivity contribution in [3.8, 4) is 0 Å². The number of imidazole rings is 1. The lowest BCUT2D eigenvalue weighted by Crippen LogP contribution is -2.48. The topological polar surface area (TPSA) is 122 Å². The summed E-state index contributed by atoms with van der Waals surface area (Å²) in [6, 6.07) is 5.68. The zero-order chi connectivity index (χ0) is 27.9. The lowest BCUT2D eigenvalue weighted by atomic mass is 9.96. The maximum atomic E-state index is 13.6. The van der Waals surface area contributed by atoms with Crippen molar-refractivity contribution in [3.63, 3.8) is 0 Å². The smallest absolute Gasteiger partial charge is 0.320 e. The van der Waals surface area contributed by atoms with E-state index in [1.54, 1.807) is 23.0 Å². The second kappa shape index (κ2) is 10.5. The fourth-order valence-corrected chi connectivity index (χ4v) is 5.71. The van der Waals surface area contributed by atoms with Gasteiger partial charge in [-0.3, -0.25) is 9.88 Å². The first-order valence-electron chi connectivity index (χ1n) is 13.0. The predicted molar refractivity (Wildman–Crippen MR) is 144 cm³/mol. The van der Waals surface area contributed by atoms with Gasteiger partial charge in [-0.2, -0.15) is 0 Å². The molecule has 3 aromatic rings. The average Bonchev–Trinajstić information content (AvgIpc) is 3.57. The average molecular weight is 559 g/mol. The van der Waals surface area contributed by atoms with Crippen LogP contribution in [0.15, 0.2) is 36.9 Å². The molecule has 210 valence electrons. The molecule has 0 spiro atoms. The number of hydrogen-bond donors (Lipinski definition) is 2. The first kappa shape index (κ1) is 27.6. The van der Waals surface area contributed by atoms with Crippen LogP contribution in [0.4, 0.5) is 15.0 Å². The Kier molecular flexibility index (Phi) is 7.46. The highest BCUT2D eigenvalue weighted by Crippen LogP contribution is 2.48. The Balaban J connectivity index is 1.48. The van der Waals surface area contributed by atoms with Crippen LogP contribution in [0.1, 0.15) is 59.6 Å². The number of ether oxygens (including phenoxy) is 3. The number of rotatable bonds is 7. The summed E-state index contributed by atoms with van der Waals surface area (Å²) in [5.74, 6) is -0.0530. The number of carbonyl (C=O) groups excluding carboxylic acids is 1. The predicted octanol–water partition coefficient (Wildman–Crippen LogP) is 3.58. The van der Waals surface area contributed by atoms with Gasteiger partial charge < -0.3 is 24.0 Å². The van der Waals surface area contributed by atoms with Gasteiger partial charge in [0.15, 0.2) is 39.3 Å².